The summed E-state index contributed by atoms with van der Waals surface area (Å²) in [6.45, 7) is 4.62. The summed E-state index contributed by atoms with van der Waals surface area (Å²) in [4.78, 5) is 73.2. The summed E-state index contributed by atoms with van der Waals surface area (Å²) >= 11 is 0. The Bertz CT molecular complexity index is 2480. The number of hydrogen-bond donors (Lipinski definition) is 3. The molecule has 17 nitrogen and oxygen atoms in total. The van der Waals surface area contributed by atoms with Gasteiger partial charge in [-0.25, -0.2) is 9.13 Å². The van der Waals surface area contributed by atoms with Crippen LogP contribution in [0.2, 0.25) is 0 Å². The smallest absolute Gasteiger partial charge is 0.462 e. The van der Waals surface area contributed by atoms with E-state index in [1.807, 2.05) is 0 Å². The van der Waals surface area contributed by atoms with E-state index in [0.717, 1.165) is 205 Å². The van der Waals surface area contributed by atoms with Crippen molar-refractivity contribution in [1.29, 1.82) is 0 Å². The highest BCUT2D eigenvalue weighted by molar-refractivity contribution is 7.47. The van der Waals surface area contributed by atoms with E-state index in [2.05, 4.69) is 149 Å². The number of carbonyl (C=O) groups is 4. The van der Waals surface area contributed by atoms with Crippen LogP contribution in [0.1, 0.15) is 349 Å². The summed E-state index contributed by atoms with van der Waals surface area (Å²) < 4.78 is 68.7. The molecule has 0 rings (SSSR count). The summed E-state index contributed by atoms with van der Waals surface area (Å²) in [5, 5.41) is 10.7. The molecule has 0 aliphatic heterocycles. The fourth-order valence-corrected chi connectivity index (χ4v) is 12.7. The van der Waals surface area contributed by atoms with Gasteiger partial charge >= 0.3 is 39.5 Å². The van der Waals surface area contributed by atoms with Crippen LogP contribution < -0.4 is 0 Å². The van der Waals surface area contributed by atoms with E-state index >= 15 is 0 Å². The Morgan fingerprint density at radius 2 is 0.491 bits per heavy atom. The lowest BCUT2D eigenvalue weighted by Crippen LogP contribution is -2.30. The van der Waals surface area contributed by atoms with Gasteiger partial charge in [0.15, 0.2) is 12.2 Å². The molecule has 106 heavy (non-hydrogen) atoms. The van der Waals surface area contributed by atoms with Gasteiger partial charge in [0.2, 0.25) is 0 Å². The Kier molecular flexibility index (Phi) is 75.2. The number of allylic oxidation sites excluding steroid dienone is 20. The van der Waals surface area contributed by atoms with Crippen LogP contribution in [0, 0.1) is 0 Å². The Morgan fingerprint density at radius 3 is 0.774 bits per heavy atom. The van der Waals surface area contributed by atoms with Gasteiger partial charge in [-0.3, -0.25) is 37.3 Å². The van der Waals surface area contributed by atoms with Gasteiger partial charge in [-0.15, -0.1) is 0 Å². The minimum atomic E-state index is -4.99. The zero-order valence-corrected chi connectivity index (χ0v) is 68.6. The van der Waals surface area contributed by atoms with Crippen LogP contribution in [0.4, 0.5) is 0 Å². The highest BCUT2D eigenvalue weighted by Gasteiger charge is 2.30. The number of rotatable bonds is 78. The van der Waals surface area contributed by atoms with E-state index in [0.29, 0.717) is 25.7 Å². The zero-order valence-electron chi connectivity index (χ0n) is 66.8. The molecular formula is C87H150O17P2. The maximum atomic E-state index is 13.1. The van der Waals surface area contributed by atoms with Crippen molar-refractivity contribution < 1.29 is 80.2 Å². The van der Waals surface area contributed by atoms with Crippen molar-refractivity contribution in [2.75, 3.05) is 39.6 Å². The van der Waals surface area contributed by atoms with Gasteiger partial charge in [0.05, 0.1) is 26.4 Å². The third-order valence-electron chi connectivity index (χ3n) is 17.4. The molecule has 0 aromatic carbocycles. The van der Waals surface area contributed by atoms with Crippen LogP contribution in [0.3, 0.4) is 0 Å². The predicted octanol–water partition coefficient (Wildman–Crippen LogP) is 24.7. The van der Waals surface area contributed by atoms with Crippen molar-refractivity contribution in [2.24, 2.45) is 0 Å². The molecule has 0 aliphatic carbocycles. The van der Waals surface area contributed by atoms with Crippen LogP contribution >= 0.6 is 15.6 Å². The van der Waals surface area contributed by atoms with Crippen molar-refractivity contribution >= 4 is 39.5 Å². The number of unbranched alkanes of at least 4 members (excludes halogenated alkanes) is 32. The molecule has 0 heterocycles. The normalized spacial score (nSPS) is 14.4. The monoisotopic (exact) mass is 1530 g/mol. The van der Waals surface area contributed by atoms with Gasteiger partial charge in [0, 0.05) is 25.7 Å². The van der Waals surface area contributed by atoms with Crippen LogP contribution in [0.15, 0.2) is 122 Å². The Labute approximate surface area is 644 Å². The van der Waals surface area contributed by atoms with Gasteiger partial charge in [-0.2, -0.15) is 0 Å². The topological polar surface area (TPSA) is 237 Å². The predicted molar refractivity (Wildman–Crippen MR) is 436 cm³/mol. The molecule has 610 valence electrons. The molecule has 0 aliphatic rings. The van der Waals surface area contributed by atoms with Crippen LogP contribution in [0.25, 0.3) is 0 Å². The molecule has 3 N–H and O–H groups in total. The number of aliphatic hydroxyl groups is 1. The first kappa shape index (κ1) is 101. The molecule has 0 aromatic rings. The van der Waals surface area contributed by atoms with Gasteiger partial charge in [-0.1, -0.05) is 290 Å². The van der Waals surface area contributed by atoms with Gasteiger partial charge in [-0.05, 0) is 154 Å². The molecule has 0 saturated carbocycles. The van der Waals surface area contributed by atoms with Gasteiger partial charge < -0.3 is 33.8 Å². The molecule has 5 unspecified atom stereocenters. The Hall–Kier alpha value is -4.54. The number of esters is 4. The number of phosphoric acid groups is 2. The van der Waals surface area contributed by atoms with Crippen LogP contribution in [-0.2, 0) is 65.4 Å². The molecule has 0 bridgehead atoms. The van der Waals surface area contributed by atoms with Crippen molar-refractivity contribution in [3.63, 3.8) is 0 Å². The number of ether oxygens (including phenoxy) is 4. The maximum Gasteiger partial charge on any atom is 0.472 e. The third kappa shape index (κ3) is 77.6. The van der Waals surface area contributed by atoms with Crippen molar-refractivity contribution in [3.8, 4) is 0 Å². The standard InChI is InChI=1S/C87H150O17P2/c1-5-9-13-17-21-25-29-33-36-38-40-42-45-48-51-55-59-63-67-71-84(89)97-77-82(103-86(91)73-69-65-61-57-53-47-32-28-24-20-16-12-8-4)79-101-105(93,94)99-75-81(88)76-100-106(95,96)102-80-83(104-87(92)74-70-66-62-58-54-50-44-35-31-27-23-19-15-11-7-3)78-98-85(90)72-68-64-60-56-52-49-46-43-41-39-37-34-30-26-22-18-14-10-6-2/h9-10,13-14,21-22,25-26,28,32-37,40-44,81-83,88H,5-8,11-12,15-20,23-24,27,29-31,38-39,45-80H2,1-4H3,(H,93,94)(H,95,96)/b13-9-,14-10-,25-21-,26-22-,32-28-,36-33-,37-34-,42-40-,43-41-,44-35-. The molecule has 0 fully saturated rings. The SMILES string of the molecule is CC/C=C\C/C=C\C/C=C\C/C=C\CCCCCCCCC(=O)OCC(COP(=O)(O)OCC(O)COP(=O)(O)OCC(COC(=O)CCCCCCCC/C=C\C/C=C\C/C=C\C/C=C\CC)OC(=O)CCCCCCC/C=C\CCCCCCCC)OC(=O)CCCCCCC/C=C\CCCCCC. The number of carbonyl (C=O) groups excluding carboxylic acids is 4. The van der Waals surface area contributed by atoms with E-state index in [1.165, 1.54) is 64.2 Å². The molecule has 0 radical (unpaired) electrons. The van der Waals surface area contributed by atoms with E-state index < -0.39 is 97.5 Å². The van der Waals surface area contributed by atoms with Crippen molar-refractivity contribution in [2.45, 2.75) is 367 Å². The van der Waals surface area contributed by atoms with Gasteiger partial charge in [0.25, 0.3) is 0 Å². The van der Waals surface area contributed by atoms with Crippen molar-refractivity contribution in [1.82, 2.24) is 0 Å². The van der Waals surface area contributed by atoms with E-state index in [-0.39, 0.29) is 25.7 Å². The Balaban J connectivity index is 5.36. The van der Waals surface area contributed by atoms with Crippen molar-refractivity contribution in [3.05, 3.63) is 122 Å². The lowest BCUT2D eigenvalue weighted by atomic mass is 10.1. The number of aliphatic hydroxyl groups excluding tert-OH is 1. The highest BCUT2D eigenvalue weighted by Crippen LogP contribution is 2.45. The minimum Gasteiger partial charge on any atom is -0.462 e. The molecule has 0 saturated heterocycles. The second-order valence-electron chi connectivity index (χ2n) is 27.6. The average Bonchev–Trinajstić information content (AvgIpc) is 0.901. The fourth-order valence-electron chi connectivity index (χ4n) is 11.1. The molecule has 0 spiro atoms. The Morgan fingerprint density at radius 1 is 0.274 bits per heavy atom. The van der Waals surface area contributed by atoms with E-state index in [9.17, 15) is 43.2 Å². The molecule has 19 heteroatoms. The first-order chi connectivity index (χ1) is 51.7. The number of phosphoric ester groups is 2. The van der Waals surface area contributed by atoms with E-state index in [4.69, 9.17) is 37.0 Å². The largest absolute Gasteiger partial charge is 0.472 e. The van der Waals surface area contributed by atoms with Crippen LogP contribution in [-0.4, -0.2) is 96.7 Å². The quantitative estimate of drug-likeness (QED) is 0.0169. The first-order valence-electron chi connectivity index (χ1n) is 41.8. The summed E-state index contributed by atoms with van der Waals surface area (Å²) in [7, 11) is -9.97. The third-order valence-corrected chi connectivity index (χ3v) is 19.3. The van der Waals surface area contributed by atoms with E-state index in [1.54, 1.807) is 0 Å². The lowest BCUT2D eigenvalue weighted by molar-refractivity contribution is -0.161. The zero-order chi connectivity index (χ0) is 77.4. The summed E-state index contributed by atoms with van der Waals surface area (Å²) in [5.74, 6) is -2.21. The molecule has 0 aromatic heterocycles. The lowest BCUT2D eigenvalue weighted by Gasteiger charge is -2.21. The molecular weight excluding hydrogens is 1380 g/mol. The summed E-state index contributed by atoms with van der Waals surface area (Å²) in [6.07, 6.45) is 87.3. The maximum absolute atomic E-state index is 13.1. The molecule has 5 atom stereocenters. The summed E-state index contributed by atoms with van der Waals surface area (Å²) in [5.41, 5.74) is 0. The van der Waals surface area contributed by atoms with Gasteiger partial charge in [0.1, 0.15) is 19.3 Å². The highest BCUT2D eigenvalue weighted by atomic mass is 31.2. The van der Waals surface area contributed by atoms with Crippen LogP contribution in [0.5, 0.6) is 0 Å². The number of hydrogen-bond acceptors (Lipinski definition) is 15. The minimum absolute atomic E-state index is 0.0801. The average molecular weight is 1530 g/mol. The second-order valence-corrected chi connectivity index (χ2v) is 30.6. The first-order valence-corrected chi connectivity index (χ1v) is 44.8. The second kappa shape index (κ2) is 78.6. The summed E-state index contributed by atoms with van der Waals surface area (Å²) in [6, 6.07) is 0. The fraction of sp³-hybridized carbons (Fsp3) is 0.724. The molecule has 0 amide bonds.